The summed E-state index contributed by atoms with van der Waals surface area (Å²) in [6.45, 7) is 2.92. The number of amides is 2. The molecule has 0 bridgehead atoms. The van der Waals surface area contributed by atoms with Crippen LogP contribution in [0.2, 0.25) is 0 Å². The first-order valence-electron chi connectivity index (χ1n) is 11.7. The number of nitrogens with one attached hydrogen (secondary N) is 2. The molecule has 0 aliphatic heterocycles. The van der Waals surface area contributed by atoms with Gasteiger partial charge in [0.1, 0.15) is 0 Å². The van der Waals surface area contributed by atoms with Gasteiger partial charge in [0, 0.05) is 25.0 Å². The maximum Gasteiger partial charge on any atom is 0.267 e. The number of carbonyl (C=O) groups excluding carboxylic acids is 4. The lowest BCUT2D eigenvalue weighted by atomic mass is 10.1. The van der Waals surface area contributed by atoms with Gasteiger partial charge in [-0.1, -0.05) is 83.3 Å². The molecule has 194 valence electrons. The van der Waals surface area contributed by atoms with Crippen LogP contribution in [0.15, 0.2) is 72.8 Å². The van der Waals surface area contributed by atoms with Gasteiger partial charge in [0.05, 0.1) is 30.9 Å². The zero-order chi connectivity index (χ0) is 27.5. The Labute approximate surface area is 235 Å². The van der Waals surface area contributed by atoms with Gasteiger partial charge < -0.3 is 0 Å². The minimum Gasteiger partial charge on any atom is -0.297 e. The van der Waals surface area contributed by atoms with Gasteiger partial charge in [0.25, 0.3) is 11.8 Å². The molecule has 0 unspecified atom stereocenters. The lowest BCUT2D eigenvalue weighted by Crippen LogP contribution is -2.11. The molecule has 0 spiro atoms. The average Bonchev–Trinajstić information content (AvgIpc) is 3.68. The Morgan fingerprint density at radius 2 is 0.949 bits per heavy atom. The second-order valence-electron chi connectivity index (χ2n) is 8.31. The second kappa shape index (κ2) is 11.2. The number of ketones is 2. The Morgan fingerprint density at radius 3 is 1.31 bits per heavy atom. The third kappa shape index (κ3) is 5.75. The average molecular weight is 573 g/mol. The van der Waals surface area contributed by atoms with Crippen LogP contribution < -0.4 is 10.6 Å². The molecular formula is C28H20N4O4S3. The van der Waals surface area contributed by atoms with E-state index >= 15 is 0 Å². The van der Waals surface area contributed by atoms with Crippen LogP contribution in [-0.2, 0) is 0 Å². The van der Waals surface area contributed by atoms with Crippen LogP contribution in [0.1, 0.15) is 52.5 Å². The van der Waals surface area contributed by atoms with E-state index in [1.165, 1.54) is 13.8 Å². The molecule has 5 aromatic rings. The molecule has 0 aliphatic rings. The number of hydrogen-bond donors (Lipinski definition) is 2. The van der Waals surface area contributed by atoms with E-state index in [0.717, 1.165) is 45.1 Å². The molecule has 11 heteroatoms. The number of thiophene rings is 1. The van der Waals surface area contributed by atoms with E-state index < -0.39 is 11.8 Å². The lowest BCUT2D eigenvalue weighted by molar-refractivity contribution is 0.101. The molecular weight excluding hydrogens is 553 g/mol. The first kappa shape index (κ1) is 26.3. The van der Waals surface area contributed by atoms with Crippen molar-refractivity contribution in [3.63, 3.8) is 0 Å². The Hall–Kier alpha value is -4.32. The van der Waals surface area contributed by atoms with Crippen molar-refractivity contribution in [1.29, 1.82) is 0 Å². The molecule has 3 heterocycles. The summed E-state index contributed by atoms with van der Waals surface area (Å²) in [4.78, 5) is 60.6. The van der Waals surface area contributed by atoms with Crippen molar-refractivity contribution in [2.24, 2.45) is 0 Å². The van der Waals surface area contributed by atoms with Gasteiger partial charge in [0.2, 0.25) is 0 Å². The van der Waals surface area contributed by atoms with Crippen LogP contribution in [0.3, 0.4) is 0 Å². The van der Waals surface area contributed by atoms with Crippen molar-refractivity contribution in [2.75, 3.05) is 10.6 Å². The van der Waals surface area contributed by atoms with Crippen molar-refractivity contribution in [2.45, 2.75) is 13.8 Å². The summed E-state index contributed by atoms with van der Waals surface area (Å²) in [7, 11) is 0. The van der Waals surface area contributed by atoms with Crippen LogP contribution in [0.4, 0.5) is 10.3 Å². The van der Waals surface area contributed by atoms with E-state index in [1.807, 2.05) is 60.7 Å². The SMILES string of the molecule is CC(=O)c1sc(NC(=O)c2ccc(C(=O)Nc3nc(-c4ccccc4)c(C(C)=O)s3)s2)nc1-c1ccccc1. The van der Waals surface area contributed by atoms with Crippen LogP contribution in [-0.4, -0.2) is 33.3 Å². The third-order valence-electron chi connectivity index (χ3n) is 5.48. The quantitative estimate of drug-likeness (QED) is 0.195. The number of anilines is 2. The molecule has 2 amide bonds. The number of rotatable bonds is 8. The topological polar surface area (TPSA) is 118 Å². The van der Waals surface area contributed by atoms with Crippen LogP contribution in [0.5, 0.6) is 0 Å². The highest BCUT2D eigenvalue weighted by atomic mass is 32.1. The molecule has 0 fully saturated rings. The number of Topliss-reactive ketones (excluding diaryl/α,β-unsaturated/α-hetero) is 2. The van der Waals surface area contributed by atoms with Crippen molar-refractivity contribution in [3.05, 3.63) is 92.3 Å². The van der Waals surface area contributed by atoms with Crippen molar-refractivity contribution >= 4 is 67.7 Å². The number of hydrogen-bond acceptors (Lipinski definition) is 9. The fourth-order valence-corrected chi connectivity index (χ4v) is 6.26. The second-order valence-corrected chi connectivity index (χ2v) is 11.4. The summed E-state index contributed by atoms with van der Waals surface area (Å²) in [5, 5.41) is 6.05. The molecule has 0 saturated carbocycles. The monoisotopic (exact) mass is 572 g/mol. The first-order valence-corrected chi connectivity index (χ1v) is 14.1. The molecule has 39 heavy (non-hydrogen) atoms. The molecule has 0 radical (unpaired) electrons. The maximum absolute atomic E-state index is 12.9. The van der Waals surface area contributed by atoms with E-state index in [2.05, 4.69) is 20.6 Å². The number of nitrogens with zero attached hydrogens (tertiary/aromatic N) is 2. The van der Waals surface area contributed by atoms with Crippen molar-refractivity contribution in [3.8, 4) is 22.5 Å². The molecule has 0 atom stereocenters. The van der Waals surface area contributed by atoms with Crippen LogP contribution >= 0.6 is 34.0 Å². The third-order valence-corrected chi connectivity index (χ3v) is 8.71. The minimum absolute atomic E-state index is 0.146. The van der Waals surface area contributed by atoms with E-state index in [9.17, 15) is 19.2 Å². The van der Waals surface area contributed by atoms with E-state index in [-0.39, 0.29) is 21.8 Å². The Kier molecular flexibility index (Phi) is 7.55. The highest BCUT2D eigenvalue weighted by Crippen LogP contribution is 2.33. The van der Waals surface area contributed by atoms with Gasteiger partial charge in [-0.25, -0.2) is 9.97 Å². The van der Waals surface area contributed by atoms with Crippen molar-refractivity contribution in [1.82, 2.24) is 9.97 Å². The summed E-state index contributed by atoms with van der Waals surface area (Å²) in [6, 6.07) is 21.6. The molecule has 5 rings (SSSR count). The van der Waals surface area contributed by atoms with E-state index in [0.29, 0.717) is 30.9 Å². The van der Waals surface area contributed by atoms with Gasteiger partial charge in [-0.05, 0) is 12.1 Å². The summed E-state index contributed by atoms with van der Waals surface area (Å²) in [6.07, 6.45) is 0. The summed E-state index contributed by atoms with van der Waals surface area (Å²) in [5.74, 6) is -1.18. The first-order chi connectivity index (χ1) is 18.8. The standard InChI is InChI=1S/C28H20N4O4S3/c1-15(33)23-21(17-9-5-3-6-10-17)29-27(38-23)31-25(35)19-13-14-20(37-19)26(36)32-28-30-22(24(39-28)16(2)34)18-11-7-4-8-12-18/h3-14H,1-2H3,(H,29,31,35)(H,30,32,36). The number of thiazole rings is 2. The molecule has 2 aromatic carbocycles. The maximum atomic E-state index is 12.9. The lowest BCUT2D eigenvalue weighted by Gasteiger charge is -2.00. The zero-order valence-corrected chi connectivity index (χ0v) is 23.1. The Morgan fingerprint density at radius 1 is 0.564 bits per heavy atom. The van der Waals surface area contributed by atoms with E-state index in [1.54, 1.807) is 12.1 Å². The normalized spacial score (nSPS) is 10.7. The van der Waals surface area contributed by atoms with Crippen molar-refractivity contribution < 1.29 is 19.2 Å². The summed E-state index contributed by atoms with van der Waals surface area (Å²) < 4.78 is 0. The number of carbonyl (C=O) groups is 4. The van der Waals surface area contributed by atoms with E-state index in [4.69, 9.17) is 0 Å². The molecule has 0 aliphatic carbocycles. The Balaban J connectivity index is 1.31. The predicted octanol–water partition coefficient (Wildman–Crippen LogP) is 6.90. The molecule has 8 nitrogen and oxygen atoms in total. The Bertz CT molecular complexity index is 1580. The van der Waals surface area contributed by atoms with Gasteiger partial charge in [-0.3, -0.25) is 29.8 Å². The zero-order valence-electron chi connectivity index (χ0n) is 20.7. The van der Waals surface area contributed by atoms with Gasteiger partial charge in [-0.15, -0.1) is 11.3 Å². The minimum atomic E-state index is -0.443. The fourth-order valence-electron chi connectivity index (χ4n) is 3.71. The number of benzene rings is 2. The van der Waals surface area contributed by atoms with Gasteiger partial charge >= 0.3 is 0 Å². The smallest absolute Gasteiger partial charge is 0.267 e. The fraction of sp³-hybridized carbons (Fsp3) is 0.0714. The predicted molar refractivity (Wildman–Crippen MR) is 155 cm³/mol. The largest absolute Gasteiger partial charge is 0.297 e. The highest BCUT2D eigenvalue weighted by molar-refractivity contribution is 7.19. The summed E-state index contributed by atoms with van der Waals surface area (Å²) in [5.41, 5.74) is 2.58. The molecule has 0 saturated heterocycles. The van der Waals surface area contributed by atoms with Crippen LogP contribution in [0, 0.1) is 0 Å². The molecule has 2 N–H and O–H groups in total. The number of aromatic nitrogens is 2. The van der Waals surface area contributed by atoms with Gasteiger partial charge in [-0.2, -0.15) is 0 Å². The summed E-state index contributed by atoms with van der Waals surface area (Å²) >= 11 is 3.22. The van der Waals surface area contributed by atoms with Crippen LogP contribution in [0.25, 0.3) is 22.5 Å². The van der Waals surface area contributed by atoms with Gasteiger partial charge in [0.15, 0.2) is 21.8 Å². The molecule has 3 aromatic heterocycles. The highest BCUT2D eigenvalue weighted by Gasteiger charge is 2.22.